The van der Waals surface area contributed by atoms with Crippen LogP contribution in [-0.2, 0) is 4.79 Å². The Hall–Kier alpha value is -2.42. The molecule has 3 rings (SSSR count). The number of carbonyl (C=O) groups excluding carboxylic acids is 1. The van der Waals surface area contributed by atoms with Gasteiger partial charge in [-0.15, -0.1) is 10.2 Å². The number of nitro benzene ring substituents is 1. The van der Waals surface area contributed by atoms with Crippen LogP contribution < -0.4 is 5.32 Å². The number of hydrogen-bond acceptors (Lipinski definition) is 6. The Morgan fingerprint density at radius 2 is 2.08 bits per heavy atom. The summed E-state index contributed by atoms with van der Waals surface area (Å²) in [5, 5.41) is 22.8. The Labute approximate surface area is 149 Å². The molecule has 1 amide bonds. The van der Waals surface area contributed by atoms with Crippen LogP contribution in [0.5, 0.6) is 0 Å². The predicted molar refractivity (Wildman–Crippen MR) is 95.0 cm³/mol. The van der Waals surface area contributed by atoms with Gasteiger partial charge < -0.3 is 9.88 Å². The lowest BCUT2D eigenvalue weighted by molar-refractivity contribution is -0.384. The molecule has 1 N–H and O–H groups in total. The fourth-order valence-electron chi connectivity index (χ4n) is 2.62. The lowest BCUT2D eigenvalue weighted by Crippen LogP contribution is -2.17. The number of amides is 1. The first kappa shape index (κ1) is 17.4. The van der Waals surface area contributed by atoms with E-state index >= 15 is 0 Å². The number of nitrogens with one attached hydrogen (secondary N) is 1. The van der Waals surface area contributed by atoms with E-state index in [1.165, 1.54) is 17.8 Å². The number of thioether (sulfide) groups is 1. The van der Waals surface area contributed by atoms with Crippen molar-refractivity contribution in [2.24, 2.45) is 0 Å². The maximum absolute atomic E-state index is 12.3. The quantitative estimate of drug-likeness (QED) is 0.481. The second-order valence-corrected chi connectivity index (χ2v) is 7.07. The van der Waals surface area contributed by atoms with Crippen LogP contribution >= 0.6 is 11.8 Å². The number of nitrogens with zero attached hydrogens (tertiary/aromatic N) is 4. The van der Waals surface area contributed by atoms with Crippen molar-refractivity contribution in [1.29, 1.82) is 0 Å². The SMILES string of the molecule is Cc1ccc([N+](=O)[O-])c(NC(=O)CSc2nnc(C)n2C2CC2)c1C. The van der Waals surface area contributed by atoms with Crippen LogP contribution in [-0.4, -0.2) is 31.3 Å². The van der Waals surface area contributed by atoms with Crippen molar-refractivity contribution in [3.05, 3.63) is 39.2 Å². The lowest BCUT2D eigenvalue weighted by Gasteiger charge is -2.11. The molecule has 1 aliphatic carbocycles. The van der Waals surface area contributed by atoms with Crippen LogP contribution in [0.4, 0.5) is 11.4 Å². The van der Waals surface area contributed by atoms with E-state index in [-0.39, 0.29) is 23.0 Å². The number of aromatic nitrogens is 3. The first-order chi connectivity index (χ1) is 11.9. The molecule has 1 aromatic carbocycles. The first-order valence-corrected chi connectivity index (χ1v) is 8.95. The highest BCUT2D eigenvalue weighted by Gasteiger charge is 2.28. The molecular weight excluding hydrogens is 342 g/mol. The molecular formula is C16H19N5O3S. The van der Waals surface area contributed by atoms with Gasteiger partial charge in [-0.1, -0.05) is 17.8 Å². The second kappa shape index (κ2) is 6.83. The van der Waals surface area contributed by atoms with Gasteiger partial charge in [0.25, 0.3) is 5.69 Å². The third kappa shape index (κ3) is 3.65. The Bertz CT molecular complexity index is 845. The normalized spacial score (nSPS) is 13.7. The van der Waals surface area contributed by atoms with E-state index in [0.717, 1.165) is 24.2 Å². The highest BCUT2D eigenvalue weighted by Crippen LogP contribution is 2.38. The standard InChI is InChI=1S/C16H19N5O3S/c1-9-4-7-13(21(23)24)15(10(9)2)17-14(22)8-25-16-19-18-11(3)20(16)12-5-6-12/h4,7,12H,5-6,8H2,1-3H3,(H,17,22). The van der Waals surface area contributed by atoms with Gasteiger partial charge in [0.1, 0.15) is 11.5 Å². The molecule has 1 fully saturated rings. The molecule has 1 heterocycles. The maximum Gasteiger partial charge on any atom is 0.293 e. The Kier molecular flexibility index (Phi) is 4.76. The molecule has 2 aromatic rings. The smallest absolute Gasteiger partial charge is 0.293 e. The average Bonchev–Trinajstić information content (AvgIpc) is 3.32. The minimum absolute atomic E-state index is 0.0987. The minimum atomic E-state index is -0.484. The molecule has 1 aliphatic rings. The van der Waals surface area contributed by atoms with Crippen LogP contribution in [0, 0.1) is 30.9 Å². The fraction of sp³-hybridized carbons (Fsp3) is 0.438. The summed E-state index contributed by atoms with van der Waals surface area (Å²) in [6, 6.07) is 3.53. The summed E-state index contributed by atoms with van der Waals surface area (Å²) in [4.78, 5) is 23.0. The zero-order chi connectivity index (χ0) is 18.1. The van der Waals surface area contributed by atoms with Gasteiger partial charge in [-0.25, -0.2) is 0 Å². The van der Waals surface area contributed by atoms with Crippen molar-refractivity contribution in [1.82, 2.24) is 14.8 Å². The molecule has 0 radical (unpaired) electrons. The number of rotatable bonds is 6. The van der Waals surface area contributed by atoms with E-state index in [9.17, 15) is 14.9 Å². The molecule has 132 valence electrons. The summed E-state index contributed by atoms with van der Waals surface area (Å²) in [5.41, 5.74) is 1.75. The summed E-state index contributed by atoms with van der Waals surface area (Å²) >= 11 is 1.30. The summed E-state index contributed by atoms with van der Waals surface area (Å²) in [7, 11) is 0. The van der Waals surface area contributed by atoms with Crippen LogP contribution in [0.1, 0.15) is 35.8 Å². The van der Waals surface area contributed by atoms with Crippen LogP contribution in [0.15, 0.2) is 17.3 Å². The number of anilines is 1. The fourth-order valence-corrected chi connectivity index (χ4v) is 3.47. The van der Waals surface area contributed by atoms with E-state index in [1.807, 2.05) is 13.8 Å². The number of carbonyl (C=O) groups is 1. The molecule has 0 bridgehead atoms. The van der Waals surface area contributed by atoms with Gasteiger partial charge in [-0.3, -0.25) is 14.9 Å². The number of hydrogen-bond donors (Lipinski definition) is 1. The first-order valence-electron chi connectivity index (χ1n) is 7.97. The zero-order valence-corrected chi connectivity index (χ0v) is 15.1. The molecule has 0 atom stereocenters. The number of benzene rings is 1. The van der Waals surface area contributed by atoms with Gasteiger partial charge in [0.05, 0.1) is 10.7 Å². The van der Waals surface area contributed by atoms with Gasteiger partial charge in [-0.05, 0) is 44.7 Å². The topological polar surface area (TPSA) is 103 Å². The average molecular weight is 361 g/mol. The van der Waals surface area contributed by atoms with Crippen LogP contribution in [0.3, 0.4) is 0 Å². The molecule has 1 aromatic heterocycles. The molecule has 0 saturated heterocycles. The molecule has 9 heteroatoms. The second-order valence-electron chi connectivity index (χ2n) is 6.13. The van der Waals surface area contributed by atoms with Crippen LogP contribution in [0.2, 0.25) is 0 Å². The lowest BCUT2D eigenvalue weighted by atomic mass is 10.1. The van der Waals surface area contributed by atoms with Gasteiger partial charge >= 0.3 is 0 Å². The summed E-state index contributed by atoms with van der Waals surface area (Å²) in [6.07, 6.45) is 2.21. The predicted octanol–water partition coefficient (Wildman–Crippen LogP) is 3.18. The molecule has 0 aliphatic heterocycles. The van der Waals surface area contributed by atoms with Crippen molar-refractivity contribution in [2.75, 3.05) is 11.1 Å². The Balaban J connectivity index is 1.71. The van der Waals surface area contributed by atoms with Crippen molar-refractivity contribution in [3.8, 4) is 0 Å². The third-order valence-corrected chi connectivity index (χ3v) is 5.20. The minimum Gasteiger partial charge on any atom is -0.319 e. The highest BCUT2D eigenvalue weighted by atomic mass is 32.2. The van der Waals surface area contributed by atoms with Gasteiger partial charge in [-0.2, -0.15) is 0 Å². The summed E-state index contributed by atoms with van der Waals surface area (Å²) in [5.74, 6) is 0.662. The zero-order valence-electron chi connectivity index (χ0n) is 14.3. The van der Waals surface area contributed by atoms with Crippen molar-refractivity contribution < 1.29 is 9.72 Å². The molecule has 8 nitrogen and oxygen atoms in total. The van der Waals surface area contributed by atoms with E-state index in [2.05, 4.69) is 20.1 Å². The van der Waals surface area contributed by atoms with E-state index < -0.39 is 4.92 Å². The highest BCUT2D eigenvalue weighted by molar-refractivity contribution is 7.99. The van der Waals surface area contributed by atoms with Crippen LogP contribution in [0.25, 0.3) is 0 Å². The molecule has 0 unspecified atom stereocenters. The Morgan fingerprint density at radius 1 is 1.36 bits per heavy atom. The van der Waals surface area contributed by atoms with E-state index in [1.54, 1.807) is 13.0 Å². The number of nitro groups is 1. The number of aryl methyl sites for hydroxylation is 2. The third-order valence-electron chi connectivity index (χ3n) is 4.25. The molecule has 0 spiro atoms. The van der Waals surface area contributed by atoms with Crippen molar-refractivity contribution in [2.45, 2.75) is 44.8 Å². The summed E-state index contributed by atoms with van der Waals surface area (Å²) in [6.45, 7) is 5.51. The van der Waals surface area contributed by atoms with Gasteiger partial charge in [0.2, 0.25) is 5.91 Å². The summed E-state index contributed by atoms with van der Waals surface area (Å²) < 4.78 is 2.05. The van der Waals surface area contributed by atoms with Gasteiger partial charge in [0.15, 0.2) is 5.16 Å². The maximum atomic E-state index is 12.3. The molecule has 25 heavy (non-hydrogen) atoms. The largest absolute Gasteiger partial charge is 0.319 e. The van der Waals surface area contributed by atoms with Crippen molar-refractivity contribution in [3.63, 3.8) is 0 Å². The monoisotopic (exact) mass is 361 g/mol. The van der Waals surface area contributed by atoms with E-state index in [0.29, 0.717) is 16.8 Å². The van der Waals surface area contributed by atoms with Gasteiger partial charge in [0, 0.05) is 12.1 Å². The van der Waals surface area contributed by atoms with Crippen molar-refractivity contribution >= 4 is 29.0 Å². The van der Waals surface area contributed by atoms with E-state index in [4.69, 9.17) is 0 Å². The molecule has 1 saturated carbocycles. The Morgan fingerprint density at radius 3 is 2.72 bits per heavy atom.